The van der Waals surface area contributed by atoms with E-state index in [9.17, 15) is 0 Å². The van der Waals surface area contributed by atoms with Gasteiger partial charge in [-0.1, -0.05) is 20.8 Å². The van der Waals surface area contributed by atoms with Gasteiger partial charge in [0.15, 0.2) is 0 Å². The summed E-state index contributed by atoms with van der Waals surface area (Å²) in [5.74, 6) is 2.12. The fourth-order valence-corrected chi connectivity index (χ4v) is 3.00. The van der Waals surface area contributed by atoms with E-state index in [1.54, 1.807) is 0 Å². The summed E-state index contributed by atoms with van der Waals surface area (Å²) in [5.41, 5.74) is 1.47. The van der Waals surface area contributed by atoms with Crippen LogP contribution in [0.1, 0.15) is 64.5 Å². The minimum atomic E-state index is 0.408. The Bertz CT molecular complexity index is 430. The van der Waals surface area contributed by atoms with Gasteiger partial charge in [0.05, 0.1) is 11.9 Å². The van der Waals surface area contributed by atoms with E-state index < -0.39 is 0 Å². The number of hydrogen-bond acceptors (Lipinski definition) is 4. The molecular weight excluding hydrogens is 236 g/mol. The van der Waals surface area contributed by atoms with E-state index in [4.69, 9.17) is 0 Å². The number of nitrogens with one attached hydrogen (secondary N) is 1. The molecule has 4 nitrogen and oxygen atoms in total. The van der Waals surface area contributed by atoms with Gasteiger partial charge in [-0.2, -0.15) is 0 Å². The molecule has 0 spiro atoms. The van der Waals surface area contributed by atoms with Crippen molar-refractivity contribution in [1.82, 2.24) is 15.2 Å². The molecule has 2 fully saturated rings. The SMILES string of the molecule is CC(C)(C)[C@H]1CC[C@H](Nc2ncc(C3CC3)nn2)C1. The van der Waals surface area contributed by atoms with Crippen LogP contribution >= 0.6 is 0 Å². The molecule has 4 heteroatoms. The molecule has 0 bridgehead atoms. The van der Waals surface area contributed by atoms with Gasteiger partial charge < -0.3 is 5.32 Å². The highest BCUT2D eigenvalue weighted by Crippen LogP contribution is 2.40. The van der Waals surface area contributed by atoms with Crippen LogP contribution in [0.15, 0.2) is 6.20 Å². The molecule has 0 unspecified atom stereocenters. The summed E-state index contributed by atoms with van der Waals surface area (Å²) < 4.78 is 0. The van der Waals surface area contributed by atoms with Crippen molar-refractivity contribution in [2.45, 2.75) is 64.8 Å². The van der Waals surface area contributed by atoms with Crippen LogP contribution in [0.5, 0.6) is 0 Å². The van der Waals surface area contributed by atoms with E-state index >= 15 is 0 Å². The van der Waals surface area contributed by atoms with Crippen molar-refractivity contribution in [3.8, 4) is 0 Å². The Labute approximate surface area is 115 Å². The van der Waals surface area contributed by atoms with Crippen LogP contribution in [-0.2, 0) is 0 Å². The number of hydrogen-bond donors (Lipinski definition) is 1. The molecule has 0 amide bonds. The quantitative estimate of drug-likeness (QED) is 0.905. The molecule has 0 radical (unpaired) electrons. The van der Waals surface area contributed by atoms with E-state index in [0.717, 1.165) is 11.6 Å². The topological polar surface area (TPSA) is 50.7 Å². The minimum Gasteiger partial charge on any atom is -0.350 e. The van der Waals surface area contributed by atoms with Gasteiger partial charge >= 0.3 is 0 Å². The van der Waals surface area contributed by atoms with Gasteiger partial charge in [-0.15, -0.1) is 10.2 Å². The first-order valence-electron chi connectivity index (χ1n) is 7.48. The zero-order valence-corrected chi connectivity index (χ0v) is 12.2. The lowest BCUT2D eigenvalue weighted by molar-refractivity contribution is 0.245. The van der Waals surface area contributed by atoms with Gasteiger partial charge in [0.2, 0.25) is 5.95 Å². The Morgan fingerprint density at radius 2 is 1.89 bits per heavy atom. The van der Waals surface area contributed by atoms with Gasteiger partial charge in [-0.3, -0.25) is 0 Å². The Morgan fingerprint density at radius 3 is 2.42 bits per heavy atom. The van der Waals surface area contributed by atoms with Crippen molar-refractivity contribution in [2.75, 3.05) is 5.32 Å². The van der Waals surface area contributed by atoms with Gasteiger partial charge in [-0.25, -0.2) is 4.98 Å². The predicted molar refractivity (Wildman–Crippen MR) is 76.0 cm³/mol. The Kier molecular flexibility index (Phi) is 3.19. The first-order chi connectivity index (χ1) is 9.02. The normalized spacial score (nSPS) is 27.5. The molecule has 3 rings (SSSR count). The van der Waals surface area contributed by atoms with Crippen LogP contribution < -0.4 is 5.32 Å². The molecule has 1 aromatic rings. The van der Waals surface area contributed by atoms with E-state index in [0.29, 0.717) is 23.3 Å². The number of rotatable bonds is 3. The van der Waals surface area contributed by atoms with Gasteiger partial charge in [0, 0.05) is 12.0 Å². The molecule has 1 heterocycles. The summed E-state index contributed by atoms with van der Waals surface area (Å²) in [4.78, 5) is 4.41. The van der Waals surface area contributed by atoms with Gasteiger partial charge in [0.1, 0.15) is 0 Å². The molecule has 2 saturated carbocycles. The van der Waals surface area contributed by atoms with Crippen LogP contribution in [0.3, 0.4) is 0 Å². The summed E-state index contributed by atoms with van der Waals surface area (Å²) in [6, 6.07) is 0.512. The Hall–Kier alpha value is -1.19. The van der Waals surface area contributed by atoms with E-state index in [1.165, 1.54) is 32.1 Å². The molecule has 104 valence electrons. The van der Waals surface area contributed by atoms with Crippen LogP contribution in [0, 0.1) is 11.3 Å². The smallest absolute Gasteiger partial charge is 0.242 e. The van der Waals surface area contributed by atoms with Crippen LogP contribution in [-0.4, -0.2) is 21.2 Å². The summed E-state index contributed by atoms with van der Waals surface area (Å²) in [6.45, 7) is 7.01. The van der Waals surface area contributed by atoms with Gasteiger partial charge in [0.25, 0.3) is 0 Å². The van der Waals surface area contributed by atoms with Gasteiger partial charge in [-0.05, 0) is 43.4 Å². The lowest BCUT2D eigenvalue weighted by Crippen LogP contribution is -2.22. The second kappa shape index (κ2) is 4.73. The summed E-state index contributed by atoms with van der Waals surface area (Å²) in [6.07, 6.45) is 8.13. The average molecular weight is 260 g/mol. The Morgan fingerprint density at radius 1 is 1.11 bits per heavy atom. The lowest BCUT2D eigenvalue weighted by atomic mass is 9.80. The summed E-state index contributed by atoms with van der Waals surface area (Å²) >= 11 is 0. The minimum absolute atomic E-state index is 0.408. The van der Waals surface area contributed by atoms with Crippen molar-refractivity contribution in [3.05, 3.63) is 11.9 Å². The monoisotopic (exact) mass is 260 g/mol. The number of anilines is 1. The van der Waals surface area contributed by atoms with Crippen LogP contribution in [0.4, 0.5) is 5.95 Å². The molecule has 2 aliphatic rings. The second-order valence-corrected chi connectivity index (χ2v) is 7.20. The third-order valence-corrected chi connectivity index (χ3v) is 4.57. The largest absolute Gasteiger partial charge is 0.350 e. The molecule has 1 N–H and O–H groups in total. The lowest BCUT2D eigenvalue weighted by Gasteiger charge is -2.26. The fraction of sp³-hybridized carbons (Fsp3) is 0.800. The highest BCUT2D eigenvalue weighted by atomic mass is 15.2. The molecule has 0 aliphatic heterocycles. The summed E-state index contributed by atoms with van der Waals surface area (Å²) in [7, 11) is 0. The molecule has 1 aromatic heterocycles. The molecular formula is C15H24N4. The molecule has 0 aromatic carbocycles. The maximum atomic E-state index is 4.41. The highest BCUT2D eigenvalue weighted by Gasteiger charge is 2.33. The van der Waals surface area contributed by atoms with Crippen molar-refractivity contribution in [2.24, 2.45) is 11.3 Å². The number of nitrogens with zero attached hydrogens (tertiary/aromatic N) is 3. The van der Waals surface area contributed by atoms with Crippen molar-refractivity contribution < 1.29 is 0 Å². The third kappa shape index (κ3) is 3.04. The molecule has 19 heavy (non-hydrogen) atoms. The van der Waals surface area contributed by atoms with E-state index in [-0.39, 0.29) is 0 Å². The second-order valence-electron chi connectivity index (χ2n) is 7.20. The first-order valence-corrected chi connectivity index (χ1v) is 7.48. The van der Waals surface area contributed by atoms with Crippen LogP contribution in [0.25, 0.3) is 0 Å². The average Bonchev–Trinajstić information content (AvgIpc) is 3.09. The zero-order chi connectivity index (χ0) is 13.5. The van der Waals surface area contributed by atoms with Crippen molar-refractivity contribution in [1.29, 1.82) is 0 Å². The van der Waals surface area contributed by atoms with E-state index in [1.807, 2.05) is 6.20 Å². The maximum absolute atomic E-state index is 4.41. The standard InChI is InChI=1S/C15H24N4/c1-15(2,3)11-6-7-12(8-11)17-14-16-9-13(18-19-14)10-4-5-10/h9-12H,4-8H2,1-3H3,(H,16,17,19)/t11-,12-/m0/s1. The third-order valence-electron chi connectivity index (χ3n) is 4.57. The summed E-state index contributed by atoms with van der Waals surface area (Å²) in [5, 5.41) is 11.9. The van der Waals surface area contributed by atoms with Crippen molar-refractivity contribution >= 4 is 5.95 Å². The predicted octanol–water partition coefficient (Wildman–Crippen LogP) is 3.38. The molecule has 2 atom stereocenters. The first kappa shape index (κ1) is 12.8. The van der Waals surface area contributed by atoms with Crippen molar-refractivity contribution in [3.63, 3.8) is 0 Å². The fourth-order valence-electron chi connectivity index (χ4n) is 3.00. The molecule has 2 aliphatic carbocycles. The highest BCUT2D eigenvalue weighted by molar-refractivity contribution is 5.25. The zero-order valence-electron chi connectivity index (χ0n) is 12.2. The molecule has 0 saturated heterocycles. The Balaban J connectivity index is 1.57. The maximum Gasteiger partial charge on any atom is 0.242 e. The number of aromatic nitrogens is 3. The van der Waals surface area contributed by atoms with Crippen LogP contribution in [0.2, 0.25) is 0 Å². The van der Waals surface area contributed by atoms with E-state index in [2.05, 4.69) is 41.3 Å².